The average molecular weight is 384 g/mol. The van der Waals surface area contributed by atoms with Gasteiger partial charge in [0.15, 0.2) is 0 Å². The van der Waals surface area contributed by atoms with Crippen LogP contribution in [0.4, 0.5) is 4.39 Å². The SMILES string of the molecule is CN(C)C(C(=O)N1CCN(CCCc2ccccc2F)CC1)c1ccccc1. The topological polar surface area (TPSA) is 26.8 Å². The van der Waals surface area contributed by atoms with Crippen LogP contribution in [0, 0.1) is 5.82 Å². The summed E-state index contributed by atoms with van der Waals surface area (Å²) in [6.07, 6.45) is 1.68. The molecule has 0 N–H and O–H groups in total. The van der Waals surface area contributed by atoms with Crippen LogP contribution >= 0.6 is 0 Å². The van der Waals surface area contributed by atoms with Gasteiger partial charge in [0.2, 0.25) is 5.91 Å². The molecule has 2 aromatic carbocycles. The van der Waals surface area contributed by atoms with Gasteiger partial charge in [0.1, 0.15) is 11.9 Å². The van der Waals surface area contributed by atoms with Crippen LogP contribution in [-0.2, 0) is 11.2 Å². The zero-order valence-corrected chi connectivity index (χ0v) is 16.9. The Hall–Kier alpha value is -2.24. The number of hydrogen-bond acceptors (Lipinski definition) is 3. The lowest BCUT2D eigenvalue weighted by atomic mass is 10.0. The maximum absolute atomic E-state index is 13.7. The van der Waals surface area contributed by atoms with Crippen LogP contribution in [0.25, 0.3) is 0 Å². The molecule has 0 aromatic heterocycles. The van der Waals surface area contributed by atoms with Gasteiger partial charge < -0.3 is 4.90 Å². The molecule has 0 aliphatic carbocycles. The highest BCUT2D eigenvalue weighted by Gasteiger charge is 2.29. The molecule has 0 bridgehead atoms. The fourth-order valence-electron chi connectivity index (χ4n) is 3.86. The molecule has 150 valence electrons. The number of rotatable bonds is 7. The largest absolute Gasteiger partial charge is 0.338 e. The Morgan fingerprint density at radius 1 is 1.00 bits per heavy atom. The van der Waals surface area contributed by atoms with Crippen molar-refractivity contribution >= 4 is 5.91 Å². The smallest absolute Gasteiger partial charge is 0.244 e. The van der Waals surface area contributed by atoms with Crippen molar-refractivity contribution in [2.24, 2.45) is 0 Å². The molecule has 1 amide bonds. The Bertz CT molecular complexity index is 757. The van der Waals surface area contributed by atoms with E-state index in [4.69, 9.17) is 0 Å². The summed E-state index contributed by atoms with van der Waals surface area (Å²) in [4.78, 5) is 19.4. The summed E-state index contributed by atoms with van der Waals surface area (Å²) in [5.41, 5.74) is 1.82. The van der Waals surface area contributed by atoms with E-state index in [1.807, 2.05) is 66.4 Å². The lowest BCUT2D eigenvalue weighted by Gasteiger charge is -2.37. The zero-order valence-electron chi connectivity index (χ0n) is 16.9. The summed E-state index contributed by atoms with van der Waals surface area (Å²) in [5, 5.41) is 0. The first-order valence-corrected chi connectivity index (χ1v) is 10.0. The Kier molecular flexibility index (Phi) is 7.18. The van der Waals surface area contributed by atoms with Gasteiger partial charge in [-0.25, -0.2) is 4.39 Å². The van der Waals surface area contributed by atoms with Crippen molar-refractivity contribution in [1.29, 1.82) is 0 Å². The lowest BCUT2D eigenvalue weighted by Crippen LogP contribution is -2.51. The van der Waals surface area contributed by atoms with Crippen LogP contribution in [0.3, 0.4) is 0 Å². The van der Waals surface area contributed by atoms with E-state index in [9.17, 15) is 9.18 Å². The highest BCUT2D eigenvalue weighted by Crippen LogP contribution is 2.21. The van der Waals surface area contributed by atoms with E-state index < -0.39 is 0 Å². The summed E-state index contributed by atoms with van der Waals surface area (Å²) in [7, 11) is 3.91. The number of likely N-dealkylation sites (N-methyl/N-ethyl adjacent to an activating group) is 1. The number of halogens is 1. The summed E-state index contributed by atoms with van der Waals surface area (Å²) >= 11 is 0. The molecule has 1 unspecified atom stereocenters. The molecule has 28 heavy (non-hydrogen) atoms. The highest BCUT2D eigenvalue weighted by molar-refractivity contribution is 5.83. The minimum Gasteiger partial charge on any atom is -0.338 e. The summed E-state index contributed by atoms with van der Waals surface area (Å²) in [6, 6.07) is 16.7. The molecular formula is C23H30FN3O. The van der Waals surface area contributed by atoms with Crippen molar-refractivity contribution in [3.63, 3.8) is 0 Å². The van der Waals surface area contributed by atoms with Crippen LogP contribution < -0.4 is 0 Å². The summed E-state index contributed by atoms with van der Waals surface area (Å²) in [6.45, 7) is 4.17. The lowest BCUT2D eigenvalue weighted by molar-refractivity contribution is -0.138. The molecule has 1 atom stereocenters. The molecule has 1 saturated heterocycles. The number of benzene rings is 2. The molecule has 4 nitrogen and oxygen atoms in total. The van der Waals surface area contributed by atoms with Gasteiger partial charge in [-0.15, -0.1) is 0 Å². The molecule has 1 fully saturated rings. The van der Waals surface area contributed by atoms with E-state index in [2.05, 4.69) is 4.90 Å². The van der Waals surface area contributed by atoms with Crippen LogP contribution in [-0.4, -0.2) is 67.4 Å². The minimum atomic E-state index is -0.242. The van der Waals surface area contributed by atoms with Gasteiger partial charge in [0.05, 0.1) is 0 Å². The molecular weight excluding hydrogens is 353 g/mol. The van der Waals surface area contributed by atoms with E-state index in [1.54, 1.807) is 6.07 Å². The van der Waals surface area contributed by atoms with Gasteiger partial charge >= 0.3 is 0 Å². The minimum absolute atomic E-state index is 0.117. The van der Waals surface area contributed by atoms with E-state index in [1.165, 1.54) is 6.07 Å². The summed E-state index contributed by atoms with van der Waals surface area (Å²) < 4.78 is 13.7. The fraction of sp³-hybridized carbons (Fsp3) is 0.435. The zero-order chi connectivity index (χ0) is 19.9. The van der Waals surface area contributed by atoms with Crippen LogP contribution in [0.1, 0.15) is 23.6 Å². The second kappa shape index (κ2) is 9.80. The maximum atomic E-state index is 13.7. The number of piperazine rings is 1. The Morgan fingerprint density at radius 3 is 2.29 bits per heavy atom. The molecule has 1 aliphatic rings. The highest BCUT2D eigenvalue weighted by atomic mass is 19.1. The quantitative estimate of drug-likeness (QED) is 0.735. The monoisotopic (exact) mass is 383 g/mol. The van der Waals surface area contributed by atoms with Crippen molar-refractivity contribution in [3.8, 4) is 0 Å². The van der Waals surface area contributed by atoms with Crippen molar-refractivity contribution < 1.29 is 9.18 Å². The van der Waals surface area contributed by atoms with Gasteiger partial charge in [-0.05, 0) is 50.7 Å². The molecule has 1 heterocycles. The molecule has 3 rings (SSSR count). The Balaban J connectivity index is 1.49. The van der Waals surface area contributed by atoms with Crippen LogP contribution in [0.5, 0.6) is 0 Å². The molecule has 0 radical (unpaired) electrons. The predicted octanol–water partition coefficient (Wildman–Crippen LogP) is 3.21. The first kappa shape index (κ1) is 20.5. The van der Waals surface area contributed by atoms with Crippen molar-refractivity contribution in [1.82, 2.24) is 14.7 Å². The van der Waals surface area contributed by atoms with Crippen molar-refractivity contribution in [2.75, 3.05) is 46.8 Å². The van der Waals surface area contributed by atoms with Crippen molar-refractivity contribution in [2.45, 2.75) is 18.9 Å². The van der Waals surface area contributed by atoms with Gasteiger partial charge in [-0.1, -0.05) is 48.5 Å². The third-order valence-electron chi connectivity index (χ3n) is 5.43. The molecule has 0 spiro atoms. The number of carbonyl (C=O) groups is 1. The number of aryl methyl sites for hydroxylation is 1. The van der Waals surface area contributed by atoms with Gasteiger partial charge in [-0.2, -0.15) is 0 Å². The Labute approximate surface area is 167 Å². The van der Waals surface area contributed by atoms with Gasteiger partial charge in [-0.3, -0.25) is 14.6 Å². The van der Waals surface area contributed by atoms with E-state index in [0.29, 0.717) is 0 Å². The predicted molar refractivity (Wildman–Crippen MR) is 111 cm³/mol. The first-order chi connectivity index (χ1) is 13.6. The first-order valence-electron chi connectivity index (χ1n) is 10.0. The van der Waals surface area contributed by atoms with Gasteiger partial charge in [0, 0.05) is 26.2 Å². The van der Waals surface area contributed by atoms with Gasteiger partial charge in [0.25, 0.3) is 0 Å². The molecule has 1 aliphatic heterocycles. The number of carbonyl (C=O) groups excluding carboxylic acids is 1. The standard InChI is InChI=1S/C23H30FN3O/c1-25(2)22(20-10-4-3-5-11-20)23(28)27-17-15-26(16-18-27)14-8-12-19-9-6-7-13-21(19)24/h3-7,9-11,13,22H,8,12,14-18H2,1-2H3. The van der Waals surface area contributed by atoms with E-state index in [0.717, 1.165) is 56.7 Å². The van der Waals surface area contributed by atoms with E-state index >= 15 is 0 Å². The summed E-state index contributed by atoms with van der Waals surface area (Å²) in [5.74, 6) is 0.0516. The van der Waals surface area contributed by atoms with Crippen LogP contribution in [0.15, 0.2) is 54.6 Å². The second-order valence-corrected chi connectivity index (χ2v) is 7.64. The normalized spacial score (nSPS) is 16.4. The molecule has 2 aromatic rings. The van der Waals surface area contributed by atoms with Crippen LogP contribution in [0.2, 0.25) is 0 Å². The average Bonchev–Trinajstić information content (AvgIpc) is 2.70. The maximum Gasteiger partial charge on any atom is 0.244 e. The molecule has 5 heteroatoms. The van der Waals surface area contributed by atoms with Crippen molar-refractivity contribution in [3.05, 3.63) is 71.5 Å². The van der Waals surface area contributed by atoms with E-state index in [-0.39, 0.29) is 17.8 Å². The third-order valence-corrected chi connectivity index (χ3v) is 5.43. The number of nitrogens with zero attached hydrogens (tertiary/aromatic N) is 3. The number of amides is 1. The second-order valence-electron chi connectivity index (χ2n) is 7.64. The fourth-order valence-corrected chi connectivity index (χ4v) is 3.86. The third kappa shape index (κ3) is 5.18. The Morgan fingerprint density at radius 2 is 1.64 bits per heavy atom. The molecule has 0 saturated carbocycles. The number of hydrogen-bond donors (Lipinski definition) is 0.